The van der Waals surface area contributed by atoms with E-state index in [9.17, 15) is 22.8 Å². The third kappa shape index (κ3) is 5.31. The lowest BCUT2D eigenvalue weighted by Crippen LogP contribution is -2.39. The maximum absolute atomic E-state index is 13.8. The highest BCUT2D eigenvalue weighted by Gasteiger charge is 2.38. The molecule has 0 saturated heterocycles. The van der Waals surface area contributed by atoms with Crippen molar-refractivity contribution < 1.29 is 18.0 Å². The third-order valence-corrected chi connectivity index (χ3v) is 7.88. The summed E-state index contributed by atoms with van der Waals surface area (Å²) in [6, 6.07) is 17.9. The Hall–Kier alpha value is -4.18. The molecule has 2 aromatic carbocycles. The first-order valence-electron chi connectivity index (χ1n) is 13.3. The summed E-state index contributed by atoms with van der Waals surface area (Å²) < 4.78 is 43.7. The van der Waals surface area contributed by atoms with Gasteiger partial charge in [0.1, 0.15) is 0 Å². The Balaban J connectivity index is 1.19. The zero-order chi connectivity index (χ0) is 28.7. The molecule has 1 fully saturated rings. The fourth-order valence-corrected chi connectivity index (χ4v) is 5.84. The maximum Gasteiger partial charge on any atom is 0.434 e. The van der Waals surface area contributed by atoms with Crippen LogP contribution >= 0.6 is 11.6 Å². The number of aromatic nitrogens is 4. The molecule has 0 spiro atoms. The molecule has 41 heavy (non-hydrogen) atoms. The van der Waals surface area contributed by atoms with E-state index in [-0.39, 0.29) is 22.7 Å². The molecule has 3 aromatic heterocycles. The lowest BCUT2D eigenvalue weighted by Gasteiger charge is -2.29. The average Bonchev–Trinajstić information content (AvgIpc) is 3.23. The van der Waals surface area contributed by atoms with Crippen molar-refractivity contribution in [2.75, 3.05) is 0 Å². The number of carbonyl (C=O) groups is 1. The topological polar surface area (TPSA) is 81.8 Å². The van der Waals surface area contributed by atoms with Crippen molar-refractivity contribution in [1.29, 1.82) is 0 Å². The van der Waals surface area contributed by atoms with Gasteiger partial charge in [-0.15, -0.1) is 0 Å². The number of amides is 1. The average molecular weight is 580 g/mol. The standard InChI is InChI=1S/C30H25ClF3N5O2/c31-20-15-23(27(36-16-20)30(32,33)34)28(40)37-21-9-7-18(8-10-21)17-38-25-5-1-2-6-26(25)39(29(38)41)22-11-12-24-19(14-22)4-3-13-35-24/h1-6,11-16,18,21H,7-10,17H2,(H,37,40)/t18-,21-. The second-order valence-electron chi connectivity index (χ2n) is 10.3. The van der Waals surface area contributed by atoms with Crippen LogP contribution in [0.5, 0.6) is 0 Å². The van der Waals surface area contributed by atoms with E-state index in [2.05, 4.69) is 15.3 Å². The predicted molar refractivity (Wildman–Crippen MR) is 150 cm³/mol. The maximum atomic E-state index is 13.8. The number of para-hydroxylation sites is 2. The number of halogens is 4. The summed E-state index contributed by atoms with van der Waals surface area (Å²) in [5.41, 5.74) is 1.24. The summed E-state index contributed by atoms with van der Waals surface area (Å²) in [7, 11) is 0. The first-order chi connectivity index (χ1) is 19.7. The molecule has 6 rings (SSSR count). The molecule has 0 bridgehead atoms. The van der Waals surface area contributed by atoms with Crippen molar-refractivity contribution in [3.63, 3.8) is 0 Å². The van der Waals surface area contributed by atoms with Crippen LogP contribution in [0.2, 0.25) is 5.02 Å². The van der Waals surface area contributed by atoms with Crippen molar-refractivity contribution in [3.8, 4) is 5.69 Å². The summed E-state index contributed by atoms with van der Waals surface area (Å²) in [6.07, 6.45) is 0.409. The van der Waals surface area contributed by atoms with Crippen molar-refractivity contribution in [2.24, 2.45) is 5.92 Å². The van der Waals surface area contributed by atoms with Gasteiger partial charge in [-0.05, 0) is 74.1 Å². The molecule has 0 unspecified atom stereocenters. The summed E-state index contributed by atoms with van der Waals surface area (Å²) in [5.74, 6) is -0.680. The van der Waals surface area contributed by atoms with Crippen LogP contribution in [0.4, 0.5) is 13.2 Å². The molecule has 7 nitrogen and oxygen atoms in total. The molecule has 0 radical (unpaired) electrons. The largest absolute Gasteiger partial charge is 0.434 e. The van der Waals surface area contributed by atoms with Gasteiger partial charge in [0.15, 0.2) is 5.69 Å². The second kappa shape index (κ2) is 10.7. The van der Waals surface area contributed by atoms with E-state index >= 15 is 0 Å². The van der Waals surface area contributed by atoms with Gasteiger partial charge in [-0.2, -0.15) is 13.2 Å². The van der Waals surface area contributed by atoms with Gasteiger partial charge in [0, 0.05) is 30.4 Å². The second-order valence-corrected chi connectivity index (χ2v) is 10.8. The molecule has 210 valence electrons. The molecule has 1 N–H and O–H groups in total. The predicted octanol–water partition coefficient (Wildman–Crippen LogP) is 6.40. The van der Waals surface area contributed by atoms with Crippen LogP contribution in [-0.2, 0) is 12.7 Å². The van der Waals surface area contributed by atoms with Crippen molar-refractivity contribution in [2.45, 2.75) is 44.4 Å². The molecular formula is C30H25ClF3N5O2. The molecule has 0 aliphatic heterocycles. The number of hydrogen-bond donors (Lipinski definition) is 1. The normalized spacial score (nSPS) is 17.7. The van der Waals surface area contributed by atoms with Crippen molar-refractivity contribution >= 4 is 39.4 Å². The summed E-state index contributed by atoms with van der Waals surface area (Å²) in [6.45, 7) is 0.499. The van der Waals surface area contributed by atoms with Crippen LogP contribution < -0.4 is 11.0 Å². The number of alkyl halides is 3. The molecule has 3 heterocycles. The van der Waals surface area contributed by atoms with Crippen LogP contribution in [0.15, 0.2) is 77.9 Å². The van der Waals surface area contributed by atoms with Gasteiger partial charge in [-0.1, -0.05) is 29.8 Å². The number of hydrogen-bond acceptors (Lipinski definition) is 4. The van der Waals surface area contributed by atoms with Gasteiger partial charge in [0.05, 0.1) is 32.8 Å². The molecule has 11 heteroatoms. The zero-order valence-electron chi connectivity index (χ0n) is 21.7. The third-order valence-electron chi connectivity index (χ3n) is 7.67. The Morgan fingerprint density at radius 1 is 0.976 bits per heavy atom. The highest BCUT2D eigenvalue weighted by molar-refractivity contribution is 6.30. The molecule has 1 aliphatic carbocycles. The number of nitrogens with zero attached hydrogens (tertiary/aromatic N) is 4. The molecular weight excluding hydrogens is 555 g/mol. The molecule has 1 amide bonds. The van der Waals surface area contributed by atoms with Crippen LogP contribution in [-0.4, -0.2) is 31.1 Å². The van der Waals surface area contributed by atoms with E-state index in [1.165, 1.54) is 0 Å². The minimum atomic E-state index is -4.77. The minimum Gasteiger partial charge on any atom is -0.349 e. The monoisotopic (exact) mass is 579 g/mol. The molecule has 0 atom stereocenters. The minimum absolute atomic E-state index is 0.0446. The van der Waals surface area contributed by atoms with E-state index in [1.54, 1.807) is 15.3 Å². The highest BCUT2D eigenvalue weighted by atomic mass is 35.5. The van der Waals surface area contributed by atoms with Gasteiger partial charge < -0.3 is 5.32 Å². The van der Waals surface area contributed by atoms with Crippen LogP contribution in [0.3, 0.4) is 0 Å². The summed E-state index contributed by atoms with van der Waals surface area (Å²) in [4.78, 5) is 34.2. The van der Waals surface area contributed by atoms with Gasteiger partial charge >= 0.3 is 11.9 Å². The van der Waals surface area contributed by atoms with Crippen LogP contribution in [0.1, 0.15) is 41.7 Å². The van der Waals surface area contributed by atoms with E-state index < -0.39 is 23.3 Å². The quantitative estimate of drug-likeness (QED) is 0.261. The Bertz CT molecular complexity index is 1820. The van der Waals surface area contributed by atoms with E-state index in [0.29, 0.717) is 32.2 Å². The number of imidazole rings is 1. The Labute approximate surface area is 237 Å². The van der Waals surface area contributed by atoms with Crippen LogP contribution in [0.25, 0.3) is 27.6 Å². The fraction of sp³-hybridized carbons (Fsp3) is 0.267. The smallest absolute Gasteiger partial charge is 0.349 e. The Kier molecular flexibility index (Phi) is 7.03. The number of pyridine rings is 2. The SMILES string of the molecule is O=C(N[C@H]1CC[C@H](Cn2c(=O)n(-c3ccc4ncccc4c3)c3ccccc32)CC1)c1cc(Cl)cnc1C(F)(F)F. The molecule has 5 aromatic rings. The number of fused-ring (bicyclic) bond motifs is 2. The van der Waals surface area contributed by atoms with E-state index in [4.69, 9.17) is 11.6 Å². The van der Waals surface area contributed by atoms with Gasteiger partial charge in [0.25, 0.3) is 5.91 Å². The summed E-state index contributed by atoms with van der Waals surface area (Å²) in [5, 5.41) is 3.62. The Morgan fingerprint density at radius 2 is 1.73 bits per heavy atom. The highest BCUT2D eigenvalue weighted by Crippen LogP contribution is 2.32. The van der Waals surface area contributed by atoms with Crippen molar-refractivity contribution in [3.05, 3.63) is 99.8 Å². The number of carbonyl (C=O) groups excluding carboxylic acids is 1. The zero-order valence-corrected chi connectivity index (χ0v) is 22.5. The van der Waals surface area contributed by atoms with Gasteiger partial charge in [-0.25, -0.2) is 9.78 Å². The van der Waals surface area contributed by atoms with Gasteiger partial charge in [-0.3, -0.25) is 18.9 Å². The Morgan fingerprint density at radius 3 is 2.49 bits per heavy atom. The number of rotatable bonds is 5. The summed E-state index contributed by atoms with van der Waals surface area (Å²) >= 11 is 5.83. The lowest BCUT2D eigenvalue weighted by molar-refractivity contribution is -0.141. The van der Waals surface area contributed by atoms with Crippen LogP contribution in [0, 0.1) is 5.92 Å². The molecule has 1 saturated carbocycles. The van der Waals surface area contributed by atoms with Crippen molar-refractivity contribution in [1.82, 2.24) is 24.4 Å². The lowest BCUT2D eigenvalue weighted by atomic mass is 9.85. The first kappa shape index (κ1) is 27.0. The number of nitrogens with one attached hydrogen (secondary N) is 1. The van der Waals surface area contributed by atoms with E-state index in [1.807, 2.05) is 54.6 Å². The fourth-order valence-electron chi connectivity index (χ4n) is 5.69. The van der Waals surface area contributed by atoms with Gasteiger partial charge in [0.2, 0.25) is 0 Å². The first-order valence-corrected chi connectivity index (χ1v) is 13.7. The molecule has 1 aliphatic rings. The number of benzene rings is 2. The van der Waals surface area contributed by atoms with E-state index in [0.717, 1.165) is 39.9 Å².